The summed E-state index contributed by atoms with van der Waals surface area (Å²) < 4.78 is 77.6. The van der Waals surface area contributed by atoms with Crippen LogP contribution in [0.3, 0.4) is 0 Å². The van der Waals surface area contributed by atoms with Crippen molar-refractivity contribution in [1.82, 2.24) is 15.1 Å². The first-order chi connectivity index (χ1) is 9.05. The number of nitrogens with one attached hydrogen (secondary N) is 1. The van der Waals surface area contributed by atoms with Gasteiger partial charge in [0.25, 0.3) is 0 Å². The third-order valence-corrected chi connectivity index (χ3v) is 2.77. The maximum absolute atomic E-state index is 12.7. The Kier molecular flexibility index (Phi) is 5.06. The zero-order chi connectivity index (χ0) is 15.6. The number of aromatic nitrogens is 2. The predicted octanol–water partition coefficient (Wildman–Crippen LogP) is 2.68. The molecule has 0 radical (unpaired) electrons. The average Bonchev–Trinajstić information content (AvgIpc) is 2.59. The zero-order valence-corrected chi connectivity index (χ0v) is 10.9. The van der Waals surface area contributed by atoms with Gasteiger partial charge in [0.05, 0.1) is 5.69 Å². The Morgan fingerprint density at radius 3 is 2.10 bits per heavy atom. The minimum Gasteiger partial charge on any atom is -0.313 e. The summed E-state index contributed by atoms with van der Waals surface area (Å²) >= 11 is 0. The van der Waals surface area contributed by atoms with E-state index in [0.717, 1.165) is 0 Å². The van der Waals surface area contributed by atoms with Crippen LogP contribution in [0, 0.1) is 5.92 Å². The van der Waals surface area contributed by atoms with Crippen molar-refractivity contribution in [3.63, 3.8) is 0 Å². The summed E-state index contributed by atoms with van der Waals surface area (Å²) in [7, 11) is 1.54. The maximum atomic E-state index is 12.7. The van der Waals surface area contributed by atoms with Crippen LogP contribution in [0.4, 0.5) is 26.3 Å². The monoisotopic (exact) mass is 303 g/mol. The van der Waals surface area contributed by atoms with Crippen LogP contribution >= 0.6 is 0 Å². The molecule has 3 nitrogen and oxygen atoms in total. The number of halogens is 6. The van der Waals surface area contributed by atoms with Gasteiger partial charge in [0.2, 0.25) is 0 Å². The quantitative estimate of drug-likeness (QED) is 0.848. The van der Waals surface area contributed by atoms with Crippen molar-refractivity contribution >= 4 is 0 Å². The molecule has 1 heterocycles. The Morgan fingerprint density at radius 2 is 1.75 bits per heavy atom. The lowest BCUT2D eigenvalue weighted by Crippen LogP contribution is -2.52. The smallest absolute Gasteiger partial charge is 0.313 e. The van der Waals surface area contributed by atoms with Gasteiger partial charge in [-0.25, -0.2) is 0 Å². The lowest BCUT2D eigenvalue weighted by atomic mass is 9.94. The first kappa shape index (κ1) is 16.8. The van der Waals surface area contributed by atoms with Crippen LogP contribution in [-0.4, -0.2) is 34.7 Å². The Bertz CT molecular complexity index is 409. The molecule has 0 spiro atoms. The minimum absolute atomic E-state index is 0.000159. The molecule has 1 aromatic heterocycles. The number of alkyl halides is 6. The summed E-state index contributed by atoms with van der Waals surface area (Å²) in [6.07, 6.45) is -9.70. The lowest BCUT2D eigenvalue weighted by molar-refractivity contribution is -0.291. The van der Waals surface area contributed by atoms with Crippen LogP contribution in [0.2, 0.25) is 0 Å². The van der Waals surface area contributed by atoms with Crippen molar-refractivity contribution in [1.29, 1.82) is 0 Å². The highest BCUT2D eigenvalue weighted by Gasteiger charge is 2.60. The molecular formula is C11H15F6N3. The maximum Gasteiger partial charge on any atom is 0.402 e. The van der Waals surface area contributed by atoms with Gasteiger partial charge in [0.15, 0.2) is 5.92 Å². The molecular weight excluding hydrogens is 288 g/mol. The third-order valence-electron chi connectivity index (χ3n) is 2.77. The largest absolute Gasteiger partial charge is 0.402 e. The first-order valence-electron chi connectivity index (χ1n) is 5.91. The van der Waals surface area contributed by atoms with Crippen molar-refractivity contribution in [2.24, 2.45) is 13.0 Å². The van der Waals surface area contributed by atoms with Gasteiger partial charge in [-0.2, -0.15) is 31.4 Å². The molecule has 1 atom stereocenters. The molecule has 1 N–H and O–H groups in total. The number of hydrogen-bond acceptors (Lipinski definition) is 2. The molecule has 0 bridgehead atoms. The number of hydrogen-bond donors (Lipinski definition) is 1. The average molecular weight is 303 g/mol. The number of likely N-dealkylation sites (N-methyl/N-ethyl adjacent to an activating group) is 1. The van der Waals surface area contributed by atoms with E-state index in [-0.39, 0.29) is 12.2 Å². The molecule has 9 heteroatoms. The van der Waals surface area contributed by atoms with Crippen molar-refractivity contribution < 1.29 is 26.3 Å². The fraction of sp³-hybridized carbons (Fsp3) is 0.727. The van der Waals surface area contributed by atoms with E-state index in [1.165, 1.54) is 30.9 Å². The molecule has 0 aromatic carbocycles. The summed E-state index contributed by atoms with van der Waals surface area (Å²) in [6.45, 7) is 1.45. The van der Waals surface area contributed by atoms with E-state index in [9.17, 15) is 26.3 Å². The Morgan fingerprint density at radius 1 is 1.20 bits per heavy atom. The van der Waals surface area contributed by atoms with E-state index in [4.69, 9.17) is 0 Å². The summed E-state index contributed by atoms with van der Waals surface area (Å²) in [6, 6.07) is -0.399. The molecule has 0 saturated heterocycles. The minimum atomic E-state index is -5.36. The van der Waals surface area contributed by atoms with E-state index in [2.05, 4.69) is 10.4 Å². The van der Waals surface area contributed by atoms with Crippen LogP contribution in [0.25, 0.3) is 0 Å². The highest BCUT2D eigenvalue weighted by molar-refractivity contribution is 5.03. The second kappa shape index (κ2) is 6.02. The van der Waals surface area contributed by atoms with Crippen molar-refractivity contribution in [2.45, 2.75) is 31.7 Å². The third kappa shape index (κ3) is 4.39. The standard InChI is InChI=1S/C11H15F6N3/c1-3-18-8(6-7-4-5-20(2)19-7)9(10(12,13)14)11(15,16)17/h4-5,8-9,18H,3,6H2,1-2H3. The number of rotatable bonds is 5. The van der Waals surface area contributed by atoms with Gasteiger partial charge in [-0.3, -0.25) is 4.68 Å². The van der Waals surface area contributed by atoms with E-state index >= 15 is 0 Å². The van der Waals surface area contributed by atoms with Gasteiger partial charge < -0.3 is 5.32 Å². The van der Waals surface area contributed by atoms with Crippen LogP contribution in [0.15, 0.2) is 12.3 Å². The van der Waals surface area contributed by atoms with Gasteiger partial charge in [0, 0.05) is 25.7 Å². The highest BCUT2D eigenvalue weighted by atomic mass is 19.4. The summed E-state index contributed by atoms with van der Waals surface area (Å²) in [5.74, 6) is -3.42. The molecule has 1 aromatic rings. The summed E-state index contributed by atoms with van der Waals surface area (Å²) in [4.78, 5) is 0. The zero-order valence-electron chi connectivity index (χ0n) is 10.9. The van der Waals surface area contributed by atoms with Gasteiger partial charge in [-0.1, -0.05) is 6.92 Å². The topological polar surface area (TPSA) is 29.9 Å². The van der Waals surface area contributed by atoms with Crippen LogP contribution in [0.1, 0.15) is 12.6 Å². The molecule has 20 heavy (non-hydrogen) atoms. The number of nitrogens with zero attached hydrogens (tertiary/aromatic N) is 2. The molecule has 116 valence electrons. The lowest BCUT2D eigenvalue weighted by Gasteiger charge is -2.30. The molecule has 0 saturated carbocycles. The van der Waals surface area contributed by atoms with E-state index in [1.807, 2.05) is 0 Å². The number of aryl methyl sites for hydroxylation is 1. The summed E-state index contributed by atoms with van der Waals surface area (Å²) in [5.41, 5.74) is 0.178. The molecule has 0 fully saturated rings. The van der Waals surface area contributed by atoms with Crippen LogP contribution < -0.4 is 5.32 Å². The molecule has 1 rings (SSSR count). The molecule has 0 aliphatic heterocycles. The predicted molar refractivity (Wildman–Crippen MR) is 60.0 cm³/mol. The Labute approximate surface area is 112 Å². The van der Waals surface area contributed by atoms with Gasteiger partial charge in [-0.15, -0.1) is 0 Å². The second-order valence-electron chi connectivity index (χ2n) is 4.41. The fourth-order valence-corrected chi connectivity index (χ4v) is 2.01. The van der Waals surface area contributed by atoms with Crippen LogP contribution in [-0.2, 0) is 13.5 Å². The van der Waals surface area contributed by atoms with Gasteiger partial charge in [0.1, 0.15) is 0 Å². The van der Waals surface area contributed by atoms with Crippen molar-refractivity contribution in [3.8, 4) is 0 Å². The molecule has 0 aliphatic rings. The fourth-order valence-electron chi connectivity index (χ4n) is 2.01. The van der Waals surface area contributed by atoms with E-state index in [0.29, 0.717) is 0 Å². The molecule has 1 unspecified atom stereocenters. The summed E-state index contributed by atoms with van der Waals surface area (Å²) in [5, 5.41) is 6.09. The van der Waals surface area contributed by atoms with Gasteiger partial charge >= 0.3 is 12.4 Å². The van der Waals surface area contributed by atoms with E-state index in [1.54, 1.807) is 0 Å². The van der Waals surface area contributed by atoms with Gasteiger partial charge in [-0.05, 0) is 12.6 Å². The van der Waals surface area contributed by atoms with Crippen molar-refractivity contribution in [3.05, 3.63) is 18.0 Å². The SMILES string of the molecule is CCNC(Cc1ccn(C)n1)C(C(F)(F)F)C(F)(F)F. The molecule has 0 amide bonds. The second-order valence-corrected chi connectivity index (χ2v) is 4.41. The molecule has 0 aliphatic carbocycles. The van der Waals surface area contributed by atoms with E-state index < -0.39 is 30.7 Å². The van der Waals surface area contributed by atoms with Crippen LogP contribution in [0.5, 0.6) is 0 Å². The highest BCUT2D eigenvalue weighted by Crippen LogP contribution is 2.42. The van der Waals surface area contributed by atoms with Crippen molar-refractivity contribution in [2.75, 3.05) is 6.54 Å². The Balaban J connectivity index is 3.02. The normalized spacial score (nSPS) is 14.8. The Hall–Kier alpha value is -1.25. The first-order valence-corrected chi connectivity index (χ1v) is 5.91.